The molecule has 0 radical (unpaired) electrons. The second-order valence-corrected chi connectivity index (χ2v) is 8.55. The van der Waals surface area contributed by atoms with Gasteiger partial charge in [-0.1, -0.05) is 18.2 Å². The summed E-state index contributed by atoms with van der Waals surface area (Å²) in [5, 5.41) is 0. The van der Waals surface area contributed by atoms with E-state index in [1.54, 1.807) is 7.11 Å². The Kier molecular flexibility index (Phi) is 6.66. The smallest absolute Gasteiger partial charge is 0.236 e. The molecule has 2 fully saturated rings. The number of amides is 1. The van der Waals surface area contributed by atoms with Gasteiger partial charge in [-0.25, -0.2) is 0 Å². The van der Waals surface area contributed by atoms with Crippen LogP contribution < -0.4 is 14.5 Å². The Morgan fingerprint density at radius 3 is 2.26 bits per heavy atom. The topological polar surface area (TPSA) is 39.3 Å². The lowest BCUT2D eigenvalue weighted by molar-refractivity contribution is -0.132. The van der Waals surface area contributed by atoms with Gasteiger partial charge in [0.1, 0.15) is 5.75 Å². The summed E-state index contributed by atoms with van der Waals surface area (Å²) in [5.74, 6) is 1.14. The van der Waals surface area contributed by atoms with E-state index in [0.29, 0.717) is 6.54 Å². The zero-order valence-electron chi connectivity index (χ0n) is 19.0. The maximum absolute atomic E-state index is 12.9. The van der Waals surface area contributed by atoms with Crippen molar-refractivity contribution in [3.05, 3.63) is 53.6 Å². The van der Waals surface area contributed by atoms with E-state index in [2.05, 4.69) is 58.9 Å². The SMILES string of the molecule is COc1cccc(N2CCN(CC(=O)N3CCN(c4cccc(C)c4C)CC3)CC2)c1. The van der Waals surface area contributed by atoms with Crippen molar-refractivity contribution in [3.8, 4) is 5.75 Å². The highest BCUT2D eigenvalue weighted by atomic mass is 16.5. The molecule has 2 heterocycles. The monoisotopic (exact) mass is 422 g/mol. The van der Waals surface area contributed by atoms with Crippen molar-refractivity contribution in [2.75, 3.05) is 75.8 Å². The molecule has 6 nitrogen and oxygen atoms in total. The lowest BCUT2D eigenvalue weighted by atomic mass is 10.1. The number of benzene rings is 2. The zero-order chi connectivity index (χ0) is 21.8. The van der Waals surface area contributed by atoms with Gasteiger partial charge in [-0.3, -0.25) is 9.69 Å². The van der Waals surface area contributed by atoms with Crippen molar-refractivity contribution in [2.24, 2.45) is 0 Å². The Bertz CT molecular complexity index is 900. The predicted octanol–water partition coefficient (Wildman–Crippen LogP) is 2.78. The third kappa shape index (κ3) is 4.96. The molecule has 4 rings (SSSR count). The molecule has 2 aromatic carbocycles. The number of carbonyl (C=O) groups is 1. The van der Waals surface area contributed by atoms with Crippen LogP contribution in [0.4, 0.5) is 11.4 Å². The molecule has 0 saturated carbocycles. The molecule has 0 aliphatic carbocycles. The summed E-state index contributed by atoms with van der Waals surface area (Å²) in [5.41, 5.74) is 5.16. The lowest BCUT2D eigenvalue weighted by Crippen LogP contribution is -2.54. The molecule has 2 aliphatic rings. The Morgan fingerprint density at radius 1 is 0.871 bits per heavy atom. The number of ether oxygens (including phenoxy) is 1. The summed E-state index contributed by atoms with van der Waals surface area (Å²) in [4.78, 5) is 22.0. The first-order valence-electron chi connectivity index (χ1n) is 11.3. The van der Waals surface area contributed by atoms with Crippen LogP contribution >= 0.6 is 0 Å². The number of piperazine rings is 2. The van der Waals surface area contributed by atoms with Crippen molar-refractivity contribution < 1.29 is 9.53 Å². The molecule has 166 valence electrons. The van der Waals surface area contributed by atoms with Gasteiger partial charge in [0.05, 0.1) is 13.7 Å². The first-order valence-corrected chi connectivity index (χ1v) is 11.3. The Balaban J connectivity index is 1.25. The first kappa shape index (κ1) is 21.5. The first-order chi connectivity index (χ1) is 15.0. The predicted molar refractivity (Wildman–Crippen MR) is 126 cm³/mol. The van der Waals surface area contributed by atoms with Crippen LogP contribution in [0.3, 0.4) is 0 Å². The van der Waals surface area contributed by atoms with E-state index in [4.69, 9.17) is 4.74 Å². The van der Waals surface area contributed by atoms with E-state index in [-0.39, 0.29) is 5.91 Å². The number of hydrogen-bond acceptors (Lipinski definition) is 5. The normalized spacial score (nSPS) is 17.7. The highest BCUT2D eigenvalue weighted by molar-refractivity contribution is 5.78. The second-order valence-electron chi connectivity index (χ2n) is 8.55. The Morgan fingerprint density at radius 2 is 1.55 bits per heavy atom. The summed E-state index contributed by atoms with van der Waals surface area (Å²) in [7, 11) is 1.70. The van der Waals surface area contributed by atoms with Crippen molar-refractivity contribution in [1.29, 1.82) is 0 Å². The molecule has 1 amide bonds. The standard InChI is InChI=1S/C25H34N4O2/c1-20-6-4-9-24(21(20)2)28-14-16-29(17-15-28)25(30)19-26-10-12-27(13-11-26)22-7-5-8-23(18-22)31-3/h4-9,18H,10-17,19H2,1-3H3. The molecule has 2 aliphatic heterocycles. The number of carbonyl (C=O) groups excluding carboxylic acids is 1. The van der Waals surface area contributed by atoms with Gasteiger partial charge >= 0.3 is 0 Å². The van der Waals surface area contributed by atoms with E-state index in [1.807, 2.05) is 17.0 Å². The van der Waals surface area contributed by atoms with Gasteiger partial charge in [0.25, 0.3) is 0 Å². The highest BCUT2D eigenvalue weighted by Crippen LogP contribution is 2.24. The summed E-state index contributed by atoms with van der Waals surface area (Å²) >= 11 is 0. The van der Waals surface area contributed by atoms with Crippen LogP contribution in [0, 0.1) is 13.8 Å². The minimum absolute atomic E-state index is 0.260. The number of anilines is 2. The van der Waals surface area contributed by atoms with Gasteiger partial charge in [0.15, 0.2) is 0 Å². The largest absolute Gasteiger partial charge is 0.497 e. The van der Waals surface area contributed by atoms with Crippen LogP contribution in [-0.4, -0.2) is 81.7 Å². The summed E-state index contributed by atoms with van der Waals surface area (Å²) in [6.07, 6.45) is 0. The van der Waals surface area contributed by atoms with Gasteiger partial charge in [-0.05, 0) is 43.2 Å². The summed E-state index contributed by atoms with van der Waals surface area (Å²) < 4.78 is 5.34. The quantitative estimate of drug-likeness (QED) is 0.741. The van der Waals surface area contributed by atoms with E-state index in [9.17, 15) is 4.79 Å². The number of nitrogens with zero attached hydrogens (tertiary/aromatic N) is 4. The molecule has 2 aromatic rings. The third-order valence-electron chi connectivity index (χ3n) is 6.70. The van der Waals surface area contributed by atoms with Gasteiger partial charge in [0.2, 0.25) is 5.91 Å². The Hall–Kier alpha value is -2.73. The molecule has 6 heteroatoms. The molecular formula is C25H34N4O2. The van der Waals surface area contributed by atoms with Crippen LogP contribution in [0.1, 0.15) is 11.1 Å². The van der Waals surface area contributed by atoms with E-state index in [0.717, 1.165) is 58.1 Å². The fraction of sp³-hybridized carbons (Fsp3) is 0.480. The zero-order valence-corrected chi connectivity index (χ0v) is 19.0. The van der Waals surface area contributed by atoms with E-state index < -0.39 is 0 Å². The third-order valence-corrected chi connectivity index (χ3v) is 6.70. The van der Waals surface area contributed by atoms with Crippen molar-refractivity contribution in [2.45, 2.75) is 13.8 Å². The maximum Gasteiger partial charge on any atom is 0.236 e. The fourth-order valence-corrected chi connectivity index (χ4v) is 4.54. The minimum atomic E-state index is 0.260. The van der Waals surface area contributed by atoms with Gasteiger partial charge in [-0.15, -0.1) is 0 Å². The average molecular weight is 423 g/mol. The fourth-order valence-electron chi connectivity index (χ4n) is 4.54. The van der Waals surface area contributed by atoms with Crippen molar-refractivity contribution in [3.63, 3.8) is 0 Å². The van der Waals surface area contributed by atoms with E-state index in [1.165, 1.54) is 22.5 Å². The lowest BCUT2D eigenvalue weighted by Gasteiger charge is -2.39. The number of aryl methyl sites for hydroxylation is 1. The second kappa shape index (κ2) is 9.60. The molecule has 31 heavy (non-hydrogen) atoms. The summed E-state index contributed by atoms with van der Waals surface area (Å²) in [6, 6.07) is 14.7. The van der Waals surface area contributed by atoms with Crippen molar-refractivity contribution in [1.82, 2.24) is 9.80 Å². The Labute approximate surface area is 186 Å². The van der Waals surface area contributed by atoms with E-state index >= 15 is 0 Å². The van der Waals surface area contributed by atoms with Gasteiger partial charge in [-0.2, -0.15) is 0 Å². The number of methoxy groups -OCH3 is 1. The number of hydrogen-bond donors (Lipinski definition) is 0. The minimum Gasteiger partial charge on any atom is -0.497 e. The van der Waals surface area contributed by atoms with Crippen LogP contribution in [0.15, 0.2) is 42.5 Å². The number of rotatable bonds is 5. The highest BCUT2D eigenvalue weighted by Gasteiger charge is 2.25. The van der Waals surface area contributed by atoms with Gasteiger partial charge < -0.3 is 19.4 Å². The van der Waals surface area contributed by atoms with Gasteiger partial charge in [0, 0.05) is 69.8 Å². The van der Waals surface area contributed by atoms with Crippen LogP contribution in [0.2, 0.25) is 0 Å². The molecule has 0 unspecified atom stereocenters. The maximum atomic E-state index is 12.9. The summed E-state index contributed by atoms with van der Waals surface area (Å²) in [6.45, 7) is 12.0. The molecule has 0 N–H and O–H groups in total. The molecule has 0 atom stereocenters. The van der Waals surface area contributed by atoms with Crippen LogP contribution in [-0.2, 0) is 4.79 Å². The molecule has 0 aromatic heterocycles. The van der Waals surface area contributed by atoms with Crippen LogP contribution in [0.25, 0.3) is 0 Å². The molecule has 0 spiro atoms. The molecule has 0 bridgehead atoms. The van der Waals surface area contributed by atoms with Crippen molar-refractivity contribution >= 4 is 17.3 Å². The van der Waals surface area contributed by atoms with Crippen LogP contribution in [0.5, 0.6) is 5.75 Å². The molecule has 2 saturated heterocycles. The average Bonchev–Trinajstić information content (AvgIpc) is 2.81. The molecular weight excluding hydrogens is 388 g/mol.